The molecule has 1 aromatic rings. The minimum Gasteiger partial charge on any atom is -0.349 e. The second-order valence-electron chi connectivity index (χ2n) is 4.20. The van der Waals surface area contributed by atoms with Gasteiger partial charge in [-0.3, -0.25) is 0 Å². The van der Waals surface area contributed by atoms with E-state index in [1.54, 1.807) is 6.20 Å². The first kappa shape index (κ1) is 9.97. The molecule has 0 aromatic carbocycles. The molecule has 1 aromatic heterocycles. The lowest BCUT2D eigenvalue weighted by atomic mass is 9.76. The Kier molecular flexibility index (Phi) is 2.58. The Morgan fingerprint density at radius 2 is 2.53 bits per heavy atom. The molecule has 0 fully saturated rings. The number of hydrogen-bond donors (Lipinski definition) is 1. The summed E-state index contributed by atoms with van der Waals surface area (Å²) in [4.78, 5) is 7.42. The van der Waals surface area contributed by atoms with Gasteiger partial charge in [-0.25, -0.2) is 4.98 Å². The topological polar surface area (TPSA) is 28.7 Å². The number of H-pyrrole nitrogens is 1. The predicted molar refractivity (Wildman–Crippen MR) is 62.4 cm³/mol. The summed E-state index contributed by atoms with van der Waals surface area (Å²) in [5, 5.41) is 0. The van der Waals surface area contributed by atoms with E-state index in [0.717, 1.165) is 18.7 Å². The molecule has 1 heterocycles. The SMILES string of the molecule is C=CC1(Cc2ncc[nH]2)C=CC=C(C)C1. The molecule has 2 nitrogen and oxygen atoms in total. The van der Waals surface area contributed by atoms with Crippen molar-refractivity contribution in [3.05, 3.63) is 54.7 Å². The van der Waals surface area contributed by atoms with Crippen LogP contribution in [-0.2, 0) is 6.42 Å². The summed E-state index contributed by atoms with van der Waals surface area (Å²) in [6, 6.07) is 0. The van der Waals surface area contributed by atoms with Gasteiger partial charge in [-0.1, -0.05) is 29.9 Å². The normalized spacial score (nSPS) is 25.0. The summed E-state index contributed by atoms with van der Waals surface area (Å²) in [6.07, 6.45) is 14.1. The molecular weight excluding hydrogens is 184 g/mol. The third kappa shape index (κ3) is 2.09. The lowest BCUT2D eigenvalue weighted by Gasteiger charge is -2.28. The summed E-state index contributed by atoms with van der Waals surface area (Å²) in [5.74, 6) is 1.02. The number of hydrogen-bond acceptors (Lipinski definition) is 1. The summed E-state index contributed by atoms with van der Waals surface area (Å²) < 4.78 is 0. The van der Waals surface area contributed by atoms with Crippen LogP contribution < -0.4 is 0 Å². The van der Waals surface area contributed by atoms with Crippen LogP contribution in [0.1, 0.15) is 19.2 Å². The second kappa shape index (κ2) is 3.89. The quantitative estimate of drug-likeness (QED) is 0.746. The van der Waals surface area contributed by atoms with E-state index >= 15 is 0 Å². The Labute approximate surface area is 90.4 Å². The zero-order valence-corrected chi connectivity index (χ0v) is 9.03. The molecule has 0 saturated heterocycles. The van der Waals surface area contributed by atoms with Crippen molar-refractivity contribution in [2.24, 2.45) is 5.41 Å². The van der Waals surface area contributed by atoms with E-state index in [1.807, 2.05) is 12.3 Å². The average Bonchev–Trinajstić information content (AvgIpc) is 2.70. The molecule has 1 atom stereocenters. The molecule has 1 aliphatic carbocycles. The number of nitrogens with zero attached hydrogens (tertiary/aromatic N) is 1. The molecule has 0 amide bonds. The van der Waals surface area contributed by atoms with Crippen LogP contribution in [0, 0.1) is 5.41 Å². The van der Waals surface area contributed by atoms with E-state index in [2.05, 4.69) is 41.7 Å². The van der Waals surface area contributed by atoms with Gasteiger partial charge in [-0.15, -0.1) is 6.58 Å². The van der Waals surface area contributed by atoms with E-state index in [4.69, 9.17) is 0 Å². The highest BCUT2D eigenvalue weighted by atomic mass is 14.9. The molecular formula is C13H16N2. The van der Waals surface area contributed by atoms with Crippen LogP contribution in [0.15, 0.2) is 48.8 Å². The van der Waals surface area contributed by atoms with Crippen LogP contribution in [0.25, 0.3) is 0 Å². The monoisotopic (exact) mass is 200 g/mol. The molecule has 2 rings (SSSR count). The van der Waals surface area contributed by atoms with Gasteiger partial charge in [0, 0.05) is 24.2 Å². The zero-order valence-electron chi connectivity index (χ0n) is 9.03. The molecule has 0 spiro atoms. The average molecular weight is 200 g/mol. The molecule has 15 heavy (non-hydrogen) atoms. The van der Waals surface area contributed by atoms with E-state index in [1.165, 1.54) is 5.57 Å². The number of allylic oxidation sites excluding steroid dienone is 5. The minimum absolute atomic E-state index is 0.0384. The molecule has 1 aliphatic rings. The number of aromatic nitrogens is 2. The Morgan fingerprint density at radius 1 is 1.67 bits per heavy atom. The van der Waals surface area contributed by atoms with Crippen molar-refractivity contribution in [2.75, 3.05) is 0 Å². The van der Waals surface area contributed by atoms with E-state index in [0.29, 0.717) is 0 Å². The fraction of sp³-hybridized carbons (Fsp3) is 0.308. The molecule has 1 N–H and O–H groups in total. The first-order valence-electron chi connectivity index (χ1n) is 5.21. The van der Waals surface area contributed by atoms with Crippen LogP contribution in [0.5, 0.6) is 0 Å². The lowest BCUT2D eigenvalue weighted by Crippen LogP contribution is -2.21. The van der Waals surface area contributed by atoms with Crippen LogP contribution in [-0.4, -0.2) is 9.97 Å². The minimum atomic E-state index is 0.0384. The van der Waals surface area contributed by atoms with Gasteiger partial charge in [-0.05, 0) is 13.3 Å². The third-order valence-electron chi connectivity index (χ3n) is 2.87. The van der Waals surface area contributed by atoms with Crippen molar-refractivity contribution in [1.82, 2.24) is 9.97 Å². The van der Waals surface area contributed by atoms with Crippen molar-refractivity contribution in [3.8, 4) is 0 Å². The lowest BCUT2D eigenvalue weighted by molar-refractivity contribution is 0.468. The van der Waals surface area contributed by atoms with Gasteiger partial charge in [-0.2, -0.15) is 0 Å². The highest BCUT2D eigenvalue weighted by Gasteiger charge is 2.26. The highest BCUT2D eigenvalue weighted by molar-refractivity contribution is 5.27. The fourth-order valence-electron chi connectivity index (χ4n) is 2.08. The summed E-state index contributed by atoms with van der Waals surface area (Å²) >= 11 is 0. The van der Waals surface area contributed by atoms with E-state index in [9.17, 15) is 0 Å². The predicted octanol–water partition coefficient (Wildman–Crippen LogP) is 3.03. The Bertz CT molecular complexity index is 398. The molecule has 0 radical (unpaired) electrons. The largest absolute Gasteiger partial charge is 0.349 e. The molecule has 2 heteroatoms. The summed E-state index contributed by atoms with van der Waals surface area (Å²) in [6.45, 7) is 6.11. The summed E-state index contributed by atoms with van der Waals surface area (Å²) in [7, 11) is 0. The van der Waals surface area contributed by atoms with Gasteiger partial charge in [0.05, 0.1) is 0 Å². The van der Waals surface area contributed by atoms with Gasteiger partial charge in [0.2, 0.25) is 0 Å². The van der Waals surface area contributed by atoms with E-state index in [-0.39, 0.29) is 5.41 Å². The van der Waals surface area contributed by atoms with Crippen molar-refractivity contribution in [1.29, 1.82) is 0 Å². The first-order chi connectivity index (χ1) is 7.24. The molecule has 0 aliphatic heterocycles. The number of nitrogens with one attached hydrogen (secondary N) is 1. The van der Waals surface area contributed by atoms with Gasteiger partial charge < -0.3 is 4.98 Å². The van der Waals surface area contributed by atoms with Gasteiger partial charge in [0.25, 0.3) is 0 Å². The maximum Gasteiger partial charge on any atom is 0.107 e. The highest BCUT2D eigenvalue weighted by Crippen LogP contribution is 2.35. The van der Waals surface area contributed by atoms with Crippen molar-refractivity contribution in [3.63, 3.8) is 0 Å². The fourth-order valence-corrected chi connectivity index (χ4v) is 2.08. The van der Waals surface area contributed by atoms with Crippen molar-refractivity contribution >= 4 is 0 Å². The zero-order chi connectivity index (χ0) is 10.7. The van der Waals surface area contributed by atoms with Crippen molar-refractivity contribution < 1.29 is 0 Å². The Morgan fingerprint density at radius 3 is 3.13 bits per heavy atom. The maximum absolute atomic E-state index is 4.27. The summed E-state index contributed by atoms with van der Waals surface area (Å²) in [5.41, 5.74) is 1.43. The number of imidazole rings is 1. The maximum atomic E-state index is 4.27. The van der Waals surface area contributed by atoms with E-state index < -0.39 is 0 Å². The first-order valence-corrected chi connectivity index (χ1v) is 5.21. The standard InChI is InChI=1S/C13H16N2/c1-3-13(6-4-5-11(2)9-13)10-12-14-7-8-15-12/h3-8H,1,9-10H2,2H3,(H,14,15). The van der Waals surface area contributed by atoms with Crippen LogP contribution in [0.3, 0.4) is 0 Å². The number of aromatic amines is 1. The van der Waals surface area contributed by atoms with Crippen LogP contribution in [0.2, 0.25) is 0 Å². The third-order valence-corrected chi connectivity index (χ3v) is 2.87. The molecule has 0 saturated carbocycles. The van der Waals surface area contributed by atoms with Crippen LogP contribution in [0.4, 0.5) is 0 Å². The number of rotatable bonds is 3. The van der Waals surface area contributed by atoms with Crippen LogP contribution >= 0.6 is 0 Å². The molecule has 0 bridgehead atoms. The van der Waals surface area contributed by atoms with Gasteiger partial charge >= 0.3 is 0 Å². The van der Waals surface area contributed by atoms with Gasteiger partial charge in [0.15, 0.2) is 0 Å². The molecule has 78 valence electrons. The van der Waals surface area contributed by atoms with Crippen molar-refractivity contribution in [2.45, 2.75) is 19.8 Å². The second-order valence-corrected chi connectivity index (χ2v) is 4.20. The molecule has 1 unspecified atom stereocenters. The smallest absolute Gasteiger partial charge is 0.107 e. The Hall–Kier alpha value is -1.57. The van der Waals surface area contributed by atoms with Gasteiger partial charge in [0.1, 0.15) is 5.82 Å². The Balaban J connectivity index is 2.20.